The maximum atomic E-state index is 13.1. The Morgan fingerprint density at radius 1 is 0.929 bits per heavy atom. The summed E-state index contributed by atoms with van der Waals surface area (Å²) in [6.45, 7) is 5.86. The lowest BCUT2D eigenvalue weighted by atomic mass is 10.1. The van der Waals surface area contributed by atoms with E-state index in [4.69, 9.17) is 11.6 Å². The Hall–Kier alpha value is -2.63. The van der Waals surface area contributed by atoms with Crippen molar-refractivity contribution >= 4 is 40.4 Å². The second kappa shape index (κ2) is 8.59. The van der Waals surface area contributed by atoms with Crippen LogP contribution in [0.2, 0.25) is 5.02 Å². The van der Waals surface area contributed by atoms with Crippen molar-refractivity contribution in [1.82, 2.24) is 5.32 Å². The highest BCUT2D eigenvalue weighted by Gasteiger charge is 2.25. The third-order valence-corrected chi connectivity index (χ3v) is 5.74. The Morgan fingerprint density at radius 3 is 2.14 bits per heavy atom. The number of nitrogens with one attached hydrogen (secondary N) is 2. The predicted octanol–water partition coefficient (Wildman–Crippen LogP) is 5.44. The van der Waals surface area contributed by atoms with E-state index in [9.17, 15) is 9.59 Å². The number of carbonyl (C=O) groups is 2. The zero-order chi connectivity index (χ0) is 20.3. The van der Waals surface area contributed by atoms with Crippen molar-refractivity contribution in [3.63, 3.8) is 0 Å². The molecular weight excluding hydrogens is 392 g/mol. The van der Waals surface area contributed by atoms with Crippen LogP contribution in [0.5, 0.6) is 0 Å². The molecule has 28 heavy (non-hydrogen) atoms. The Bertz CT molecular complexity index is 991. The van der Waals surface area contributed by atoms with E-state index >= 15 is 0 Å². The Kier molecular flexibility index (Phi) is 6.17. The number of amides is 2. The Balaban J connectivity index is 1.87. The molecule has 0 spiro atoms. The number of halogens is 1. The largest absolute Gasteiger partial charge is 0.336 e. The molecule has 1 unspecified atom stereocenters. The van der Waals surface area contributed by atoms with Crippen molar-refractivity contribution in [2.24, 2.45) is 0 Å². The summed E-state index contributed by atoms with van der Waals surface area (Å²) in [6.07, 6.45) is 0. The van der Waals surface area contributed by atoms with Crippen LogP contribution in [0.25, 0.3) is 0 Å². The molecule has 144 valence electrons. The zero-order valence-electron chi connectivity index (χ0n) is 15.9. The van der Waals surface area contributed by atoms with Gasteiger partial charge in [0.2, 0.25) is 0 Å². The van der Waals surface area contributed by atoms with Crippen molar-refractivity contribution in [3.05, 3.63) is 86.1 Å². The fourth-order valence-electron chi connectivity index (χ4n) is 2.90. The summed E-state index contributed by atoms with van der Waals surface area (Å²) in [7, 11) is 0. The van der Waals surface area contributed by atoms with Gasteiger partial charge in [-0.1, -0.05) is 29.8 Å². The van der Waals surface area contributed by atoms with Crippen molar-refractivity contribution in [1.29, 1.82) is 0 Å². The van der Waals surface area contributed by atoms with Gasteiger partial charge in [-0.05, 0) is 68.3 Å². The Labute approximate surface area is 173 Å². The molecule has 6 heteroatoms. The first-order valence-corrected chi connectivity index (χ1v) is 10.0. The van der Waals surface area contributed by atoms with Crippen LogP contribution >= 0.6 is 22.9 Å². The molecule has 2 aromatic carbocycles. The third-order valence-electron chi connectivity index (χ3n) is 4.42. The van der Waals surface area contributed by atoms with Crippen LogP contribution in [0.3, 0.4) is 0 Å². The maximum absolute atomic E-state index is 13.1. The average Bonchev–Trinajstić information content (AvgIpc) is 3.09. The lowest BCUT2D eigenvalue weighted by Crippen LogP contribution is -2.36. The van der Waals surface area contributed by atoms with Crippen molar-refractivity contribution in [2.75, 3.05) is 5.32 Å². The Morgan fingerprint density at radius 2 is 1.57 bits per heavy atom. The molecule has 0 aliphatic carbocycles. The molecule has 2 amide bonds. The van der Waals surface area contributed by atoms with Crippen LogP contribution in [-0.4, -0.2) is 11.8 Å². The number of para-hydroxylation sites is 1. The fraction of sp³-hybridized carbons (Fsp3) is 0.182. The highest BCUT2D eigenvalue weighted by molar-refractivity contribution is 7.12. The highest BCUT2D eigenvalue weighted by Crippen LogP contribution is 2.26. The lowest BCUT2D eigenvalue weighted by Gasteiger charge is -2.19. The van der Waals surface area contributed by atoms with Crippen LogP contribution in [-0.2, 0) is 4.79 Å². The number of aryl methyl sites for hydroxylation is 3. The summed E-state index contributed by atoms with van der Waals surface area (Å²) in [5, 5.41) is 6.39. The van der Waals surface area contributed by atoms with Gasteiger partial charge in [0.15, 0.2) is 0 Å². The van der Waals surface area contributed by atoms with Gasteiger partial charge in [-0.3, -0.25) is 9.59 Å². The minimum atomic E-state index is -0.791. The number of rotatable bonds is 5. The standard InChI is InChI=1S/C22H21ClN2O2S/c1-13-5-4-6-14(2)19(13)24-22(27)20(18-12-7-15(3)28-18)25-21(26)16-8-10-17(23)11-9-16/h4-12,20H,1-3H3,(H,24,27)(H,25,26). The minimum absolute atomic E-state index is 0.276. The van der Waals surface area contributed by atoms with E-state index in [1.807, 2.05) is 51.1 Å². The third kappa shape index (κ3) is 4.61. The molecule has 2 N–H and O–H groups in total. The molecule has 3 rings (SSSR count). The van der Waals surface area contributed by atoms with Gasteiger partial charge in [0.1, 0.15) is 6.04 Å². The normalized spacial score (nSPS) is 11.7. The van der Waals surface area contributed by atoms with Gasteiger partial charge >= 0.3 is 0 Å². The monoisotopic (exact) mass is 412 g/mol. The van der Waals surface area contributed by atoms with Gasteiger partial charge in [-0.15, -0.1) is 11.3 Å². The molecule has 1 aromatic heterocycles. The van der Waals surface area contributed by atoms with Crippen LogP contribution in [0.4, 0.5) is 5.69 Å². The number of hydrogen-bond acceptors (Lipinski definition) is 3. The molecule has 1 heterocycles. The van der Waals surface area contributed by atoms with Gasteiger partial charge in [0, 0.05) is 26.0 Å². The summed E-state index contributed by atoms with van der Waals surface area (Å²) in [5.74, 6) is -0.606. The number of anilines is 1. The van der Waals surface area contributed by atoms with Gasteiger partial charge < -0.3 is 10.6 Å². The van der Waals surface area contributed by atoms with Crippen LogP contribution in [0.15, 0.2) is 54.6 Å². The molecule has 0 fully saturated rings. The average molecular weight is 413 g/mol. The van der Waals surface area contributed by atoms with E-state index in [1.165, 1.54) is 11.3 Å². The smallest absolute Gasteiger partial charge is 0.252 e. The van der Waals surface area contributed by atoms with E-state index < -0.39 is 6.04 Å². The van der Waals surface area contributed by atoms with Crippen LogP contribution in [0.1, 0.15) is 37.3 Å². The topological polar surface area (TPSA) is 58.2 Å². The molecule has 0 saturated heterocycles. The summed E-state index contributed by atoms with van der Waals surface area (Å²) in [4.78, 5) is 27.7. The summed E-state index contributed by atoms with van der Waals surface area (Å²) < 4.78 is 0. The number of hydrogen-bond donors (Lipinski definition) is 2. The van der Waals surface area contributed by atoms with Crippen molar-refractivity contribution < 1.29 is 9.59 Å². The highest BCUT2D eigenvalue weighted by atomic mass is 35.5. The molecule has 0 saturated carbocycles. The molecular formula is C22H21ClN2O2S. The van der Waals surface area contributed by atoms with Crippen LogP contribution in [0, 0.1) is 20.8 Å². The second-order valence-corrected chi connectivity index (χ2v) is 8.37. The first-order valence-electron chi connectivity index (χ1n) is 8.85. The second-order valence-electron chi connectivity index (χ2n) is 6.62. The van der Waals surface area contributed by atoms with Gasteiger partial charge in [-0.2, -0.15) is 0 Å². The van der Waals surface area contributed by atoms with Crippen molar-refractivity contribution in [3.8, 4) is 0 Å². The summed E-state index contributed by atoms with van der Waals surface area (Å²) in [6, 6.07) is 15.4. The van der Waals surface area contributed by atoms with E-state index in [0.717, 1.165) is 26.6 Å². The lowest BCUT2D eigenvalue weighted by molar-refractivity contribution is -0.118. The summed E-state index contributed by atoms with van der Waals surface area (Å²) >= 11 is 7.38. The van der Waals surface area contributed by atoms with Crippen LogP contribution < -0.4 is 10.6 Å². The molecule has 4 nitrogen and oxygen atoms in total. The predicted molar refractivity (Wildman–Crippen MR) is 115 cm³/mol. The molecule has 0 radical (unpaired) electrons. The van der Waals surface area contributed by atoms with E-state index in [-0.39, 0.29) is 11.8 Å². The molecule has 0 aliphatic rings. The number of carbonyl (C=O) groups excluding carboxylic acids is 2. The molecule has 0 bridgehead atoms. The maximum Gasteiger partial charge on any atom is 0.252 e. The minimum Gasteiger partial charge on any atom is -0.336 e. The number of benzene rings is 2. The first-order chi connectivity index (χ1) is 13.3. The van der Waals surface area contributed by atoms with E-state index in [2.05, 4.69) is 10.6 Å². The number of thiophene rings is 1. The quantitative estimate of drug-likeness (QED) is 0.586. The van der Waals surface area contributed by atoms with Gasteiger partial charge in [-0.25, -0.2) is 0 Å². The summed E-state index contributed by atoms with van der Waals surface area (Å²) in [5.41, 5.74) is 3.16. The molecule has 3 aromatic rings. The SMILES string of the molecule is Cc1ccc(C(NC(=O)c2ccc(Cl)cc2)C(=O)Nc2c(C)cccc2C)s1. The zero-order valence-corrected chi connectivity index (χ0v) is 17.4. The van der Waals surface area contributed by atoms with Gasteiger partial charge in [0.05, 0.1) is 0 Å². The van der Waals surface area contributed by atoms with E-state index in [1.54, 1.807) is 24.3 Å². The van der Waals surface area contributed by atoms with Crippen molar-refractivity contribution in [2.45, 2.75) is 26.8 Å². The first kappa shape index (κ1) is 20.1. The fourth-order valence-corrected chi connectivity index (χ4v) is 3.95. The van der Waals surface area contributed by atoms with Gasteiger partial charge in [0.25, 0.3) is 11.8 Å². The molecule has 1 atom stereocenters. The van der Waals surface area contributed by atoms with E-state index in [0.29, 0.717) is 10.6 Å². The molecule has 0 aliphatic heterocycles.